The number of nitrogens with zero attached hydrogens (tertiary/aromatic N) is 4. The standard InChI is InChI=1S/C17H15N5OS/c1-23-16-6-14-13(8-19-16)17-15(9-18-14)20-10-22(17)12-4-2-11(3-5-12)7-21-24/h2-6,8-10,21,24H,7H2,1H3. The molecule has 1 N–H and O–H groups in total. The lowest BCUT2D eigenvalue weighted by molar-refractivity contribution is 0.398. The van der Waals surface area contributed by atoms with E-state index in [2.05, 4.69) is 56.8 Å². The molecule has 0 amide bonds. The molecular weight excluding hydrogens is 322 g/mol. The second-order valence-corrected chi connectivity index (χ2v) is 5.67. The average molecular weight is 337 g/mol. The van der Waals surface area contributed by atoms with E-state index in [1.807, 2.05) is 17.0 Å². The lowest BCUT2D eigenvalue weighted by Gasteiger charge is -2.08. The number of hydrogen-bond acceptors (Lipinski definition) is 6. The summed E-state index contributed by atoms with van der Waals surface area (Å²) in [5, 5.41) is 0.937. The van der Waals surface area contributed by atoms with E-state index in [-0.39, 0.29) is 0 Å². The Morgan fingerprint density at radius 2 is 1.92 bits per heavy atom. The van der Waals surface area contributed by atoms with Gasteiger partial charge in [-0.2, -0.15) is 0 Å². The fourth-order valence-electron chi connectivity index (χ4n) is 2.74. The highest BCUT2D eigenvalue weighted by molar-refractivity contribution is 7.78. The first-order valence-corrected chi connectivity index (χ1v) is 7.87. The van der Waals surface area contributed by atoms with E-state index in [1.165, 1.54) is 0 Å². The summed E-state index contributed by atoms with van der Waals surface area (Å²) < 4.78 is 10.1. The molecule has 0 radical (unpaired) electrons. The van der Waals surface area contributed by atoms with Gasteiger partial charge in [0.2, 0.25) is 5.88 Å². The molecule has 0 aliphatic carbocycles. The summed E-state index contributed by atoms with van der Waals surface area (Å²) in [6.07, 6.45) is 5.36. The zero-order valence-electron chi connectivity index (χ0n) is 13.0. The second kappa shape index (κ2) is 6.10. The molecule has 7 heteroatoms. The van der Waals surface area contributed by atoms with Crippen molar-refractivity contribution in [1.29, 1.82) is 0 Å². The van der Waals surface area contributed by atoms with Crippen molar-refractivity contribution in [2.24, 2.45) is 0 Å². The van der Waals surface area contributed by atoms with Crippen LogP contribution in [0, 0.1) is 0 Å². The maximum atomic E-state index is 5.18. The first kappa shape index (κ1) is 14.9. The number of rotatable bonds is 4. The number of hydrogen-bond donors (Lipinski definition) is 2. The molecule has 120 valence electrons. The third kappa shape index (κ3) is 2.47. The highest BCUT2D eigenvalue weighted by atomic mass is 32.1. The predicted octanol–water partition coefficient (Wildman–Crippen LogP) is 2.91. The van der Waals surface area contributed by atoms with Crippen LogP contribution in [0.25, 0.3) is 27.6 Å². The Morgan fingerprint density at radius 3 is 2.67 bits per heavy atom. The molecule has 0 aliphatic rings. The monoisotopic (exact) mass is 337 g/mol. The van der Waals surface area contributed by atoms with Gasteiger partial charge >= 0.3 is 0 Å². The first-order chi connectivity index (χ1) is 11.8. The van der Waals surface area contributed by atoms with Gasteiger partial charge in [0.25, 0.3) is 0 Å². The highest BCUT2D eigenvalue weighted by Crippen LogP contribution is 2.26. The lowest BCUT2D eigenvalue weighted by atomic mass is 10.2. The molecule has 0 saturated heterocycles. The minimum Gasteiger partial charge on any atom is -0.481 e. The van der Waals surface area contributed by atoms with Crippen molar-refractivity contribution in [1.82, 2.24) is 24.2 Å². The number of aromatic nitrogens is 4. The Morgan fingerprint density at radius 1 is 1.08 bits per heavy atom. The van der Waals surface area contributed by atoms with Crippen LogP contribution in [0.4, 0.5) is 0 Å². The molecule has 24 heavy (non-hydrogen) atoms. The van der Waals surface area contributed by atoms with Crippen LogP contribution in [-0.2, 0) is 6.54 Å². The van der Waals surface area contributed by atoms with Gasteiger partial charge < -0.3 is 4.74 Å². The molecule has 4 rings (SSSR count). The number of imidazole rings is 1. The predicted molar refractivity (Wildman–Crippen MR) is 96.5 cm³/mol. The summed E-state index contributed by atoms with van der Waals surface area (Å²) in [5.74, 6) is 0.545. The van der Waals surface area contributed by atoms with Crippen LogP contribution >= 0.6 is 12.8 Å². The molecule has 6 nitrogen and oxygen atoms in total. The molecule has 1 aromatic carbocycles. The van der Waals surface area contributed by atoms with E-state index in [1.54, 1.807) is 19.5 Å². The van der Waals surface area contributed by atoms with Crippen LogP contribution < -0.4 is 9.46 Å². The van der Waals surface area contributed by atoms with Crippen molar-refractivity contribution >= 4 is 34.8 Å². The maximum absolute atomic E-state index is 5.18. The Bertz CT molecular complexity index is 1010. The minimum absolute atomic E-state index is 0.545. The normalized spacial score (nSPS) is 11.2. The average Bonchev–Trinajstić information content (AvgIpc) is 3.06. The summed E-state index contributed by atoms with van der Waals surface area (Å²) >= 11 is 4.03. The van der Waals surface area contributed by atoms with E-state index in [4.69, 9.17) is 4.74 Å². The zero-order chi connectivity index (χ0) is 16.5. The first-order valence-electron chi connectivity index (χ1n) is 7.42. The van der Waals surface area contributed by atoms with Gasteiger partial charge in [0, 0.05) is 29.9 Å². The summed E-state index contributed by atoms with van der Waals surface area (Å²) in [4.78, 5) is 13.2. The van der Waals surface area contributed by atoms with Crippen LogP contribution in [0.5, 0.6) is 5.88 Å². The molecule has 0 fully saturated rings. The van der Waals surface area contributed by atoms with Crippen molar-refractivity contribution in [2.45, 2.75) is 6.54 Å². The molecular formula is C17H15N5OS. The fraction of sp³-hybridized carbons (Fsp3) is 0.118. The van der Waals surface area contributed by atoms with Crippen molar-refractivity contribution in [3.63, 3.8) is 0 Å². The molecule has 4 aromatic rings. The largest absolute Gasteiger partial charge is 0.481 e. The molecule has 0 atom stereocenters. The van der Waals surface area contributed by atoms with Gasteiger partial charge in [0.15, 0.2) is 0 Å². The van der Waals surface area contributed by atoms with Crippen LogP contribution in [-0.4, -0.2) is 26.6 Å². The number of benzene rings is 1. The maximum Gasteiger partial charge on any atom is 0.215 e. The smallest absolute Gasteiger partial charge is 0.215 e. The molecule has 0 bridgehead atoms. The third-order valence-corrected chi connectivity index (χ3v) is 4.10. The summed E-state index contributed by atoms with van der Waals surface area (Å²) in [6, 6.07) is 10.1. The van der Waals surface area contributed by atoms with E-state index >= 15 is 0 Å². The van der Waals surface area contributed by atoms with Gasteiger partial charge in [0.1, 0.15) is 11.8 Å². The van der Waals surface area contributed by atoms with Crippen molar-refractivity contribution in [2.75, 3.05) is 7.11 Å². The van der Waals surface area contributed by atoms with Crippen LogP contribution in [0.3, 0.4) is 0 Å². The van der Waals surface area contributed by atoms with Gasteiger partial charge in [-0.1, -0.05) is 24.9 Å². The Hall–Kier alpha value is -2.64. The van der Waals surface area contributed by atoms with Gasteiger partial charge in [-0.25, -0.2) is 9.97 Å². The number of pyridine rings is 2. The van der Waals surface area contributed by atoms with Gasteiger partial charge in [-0.05, 0) is 17.7 Å². The van der Waals surface area contributed by atoms with Crippen molar-refractivity contribution < 1.29 is 4.74 Å². The number of thiol groups is 1. The summed E-state index contributed by atoms with van der Waals surface area (Å²) in [5.41, 5.74) is 4.83. The fourth-order valence-corrected chi connectivity index (χ4v) is 2.93. The molecule has 3 aromatic heterocycles. The Kier molecular flexibility index (Phi) is 3.79. The molecule has 0 aliphatic heterocycles. The SMILES string of the molecule is COc1cc2ncc3ncn(-c4ccc(CNS)cc4)c3c2cn1. The summed E-state index contributed by atoms with van der Waals surface area (Å²) in [6.45, 7) is 0.713. The summed E-state index contributed by atoms with van der Waals surface area (Å²) in [7, 11) is 1.60. The van der Waals surface area contributed by atoms with Gasteiger partial charge in [-0.15, -0.1) is 0 Å². The molecule has 0 unspecified atom stereocenters. The number of fused-ring (bicyclic) bond motifs is 3. The van der Waals surface area contributed by atoms with Crippen LogP contribution in [0.15, 0.2) is 49.1 Å². The van der Waals surface area contributed by atoms with E-state index in [9.17, 15) is 0 Å². The minimum atomic E-state index is 0.545. The highest BCUT2D eigenvalue weighted by Gasteiger charge is 2.11. The number of nitrogens with one attached hydrogen (secondary N) is 1. The van der Waals surface area contributed by atoms with Gasteiger partial charge in [0.05, 0.1) is 24.3 Å². The quantitative estimate of drug-likeness (QED) is 0.561. The molecule has 0 spiro atoms. The van der Waals surface area contributed by atoms with E-state index < -0.39 is 0 Å². The Labute approximate surface area is 144 Å². The second-order valence-electron chi connectivity index (χ2n) is 5.35. The number of ether oxygens (including phenoxy) is 1. The van der Waals surface area contributed by atoms with Crippen LogP contribution in [0.2, 0.25) is 0 Å². The number of methoxy groups -OCH3 is 1. The van der Waals surface area contributed by atoms with Crippen molar-refractivity contribution in [3.05, 3.63) is 54.6 Å². The lowest BCUT2D eigenvalue weighted by Crippen LogP contribution is -1.99. The van der Waals surface area contributed by atoms with Gasteiger partial charge in [-0.3, -0.25) is 14.3 Å². The third-order valence-electron chi connectivity index (χ3n) is 3.94. The Balaban J connectivity index is 1.90. The zero-order valence-corrected chi connectivity index (χ0v) is 13.9. The molecule has 3 heterocycles. The van der Waals surface area contributed by atoms with E-state index in [0.717, 1.165) is 33.2 Å². The molecule has 0 saturated carbocycles. The van der Waals surface area contributed by atoms with Crippen LogP contribution in [0.1, 0.15) is 5.56 Å². The topological polar surface area (TPSA) is 64.9 Å². The van der Waals surface area contributed by atoms with E-state index in [0.29, 0.717) is 12.4 Å². The van der Waals surface area contributed by atoms with Crippen molar-refractivity contribution in [3.8, 4) is 11.6 Å².